The average molecular weight is 568 g/mol. The summed E-state index contributed by atoms with van der Waals surface area (Å²) in [5.74, 6) is 0. The number of thiophene rings is 1. The van der Waals surface area contributed by atoms with Crippen LogP contribution in [0.3, 0.4) is 0 Å². The highest BCUT2D eigenvalue weighted by molar-refractivity contribution is 7.26. The Bertz CT molecular complexity index is 2460. The van der Waals surface area contributed by atoms with Gasteiger partial charge < -0.3 is 9.32 Å². The number of furan rings is 1. The molecule has 43 heavy (non-hydrogen) atoms. The zero-order chi connectivity index (χ0) is 28.3. The fourth-order valence-corrected chi connectivity index (χ4v) is 7.81. The molecule has 0 fully saturated rings. The Morgan fingerprint density at radius 3 is 1.95 bits per heavy atom. The summed E-state index contributed by atoms with van der Waals surface area (Å²) >= 11 is 1.85. The lowest BCUT2D eigenvalue weighted by Gasteiger charge is -2.26. The van der Waals surface area contributed by atoms with Gasteiger partial charge in [0.25, 0.3) is 0 Å². The van der Waals surface area contributed by atoms with Crippen molar-refractivity contribution < 1.29 is 4.42 Å². The van der Waals surface area contributed by atoms with Gasteiger partial charge in [-0.2, -0.15) is 0 Å². The number of benzene rings is 7. The lowest BCUT2D eigenvalue weighted by molar-refractivity contribution is 0.669. The standard InChI is InChI=1S/C40H25NOS/c1-3-13-26(14-4-1)32-25-36-38(30-19-8-7-17-28(30)32)39-33(21-12-23-35(39)42-36)41(27-15-5-2-6-16-27)34-22-11-20-31-29-18-9-10-24-37(29)43-40(31)34/h1-25H. The van der Waals surface area contributed by atoms with Crippen LogP contribution in [-0.4, -0.2) is 0 Å². The van der Waals surface area contributed by atoms with E-state index in [1.54, 1.807) is 0 Å². The lowest BCUT2D eigenvalue weighted by atomic mass is 9.94. The smallest absolute Gasteiger partial charge is 0.137 e. The van der Waals surface area contributed by atoms with Gasteiger partial charge in [-0.25, -0.2) is 0 Å². The van der Waals surface area contributed by atoms with Crippen molar-refractivity contribution in [2.24, 2.45) is 0 Å². The van der Waals surface area contributed by atoms with Crippen LogP contribution in [0.4, 0.5) is 17.1 Å². The van der Waals surface area contributed by atoms with E-state index in [-0.39, 0.29) is 0 Å². The number of hydrogen-bond donors (Lipinski definition) is 0. The van der Waals surface area contributed by atoms with Crippen molar-refractivity contribution in [1.82, 2.24) is 0 Å². The van der Waals surface area contributed by atoms with Gasteiger partial charge in [0.1, 0.15) is 11.2 Å². The maximum Gasteiger partial charge on any atom is 0.137 e. The van der Waals surface area contributed by atoms with E-state index >= 15 is 0 Å². The normalized spacial score (nSPS) is 11.7. The van der Waals surface area contributed by atoms with Crippen LogP contribution in [0, 0.1) is 0 Å². The van der Waals surface area contributed by atoms with Crippen LogP contribution < -0.4 is 4.90 Å². The Balaban J connectivity index is 1.40. The molecule has 0 saturated carbocycles. The second kappa shape index (κ2) is 9.59. The second-order valence-electron chi connectivity index (χ2n) is 10.9. The minimum absolute atomic E-state index is 0.882. The Hall–Kier alpha value is -5.38. The molecule has 0 spiro atoms. The Labute approximate surface area is 252 Å². The van der Waals surface area contributed by atoms with Gasteiger partial charge in [-0.05, 0) is 64.4 Å². The summed E-state index contributed by atoms with van der Waals surface area (Å²) < 4.78 is 9.26. The maximum absolute atomic E-state index is 6.70. The van der Waals surface area contributed by atoms with E-state index in [0.29, 0.717) is 0 Å². The number of hydrogen-bond acceptors (Lipinski definition) is 3. The SMILES string of the molecule is c1ccc(-c2cc3oc4cccc(N(c5ccccc5)c5cccc6c5sc5ccccc56)c4c3c3ccccc23)cc1. The number of para-hydroxylation sites is 1. The van der Waals surface area contributed by atoms with Gasteiger partial charge in [0, 0.05) is 26.5 Å². The minimum atomic E-state index is 0.882. The molecule has 0 radical (unpaired) electrons. The van der Waals surface area contributed by atoms with Gasteiger partial charge in [-0.1, -0.05) is 109 Å². The monoisotopic (exact) mass is 567 g/mol. The molecule has 0 amide bonds. The Morgan fingerprint density at radius 1 is 0.465 bits per heavy atom. The zero-order valence-electron chi connectivity index (χ0n) is 23.2. The highest BCUT2D eigenvalue weighted by Crippen LogP contribution is 2.49. The van der Waals surface area contributed by atoms with Gasteiger partial charge in [-0.15, -0.1) is 11.3 Å². The van der Waals surface area contributed by atoms with Gasteiger partial charge in [0.05, 0.1) is 21.5 Å². The molecule has 9 aromatic rings. The van der Waals surface area contributed by atoms with Crippen molar-refractivity contribution in [2.75, 3.05) is 4.90 Å². The molecule has 9 rings (SSSR count). The third-order valence-corrected chi connectivity index (χ3v) is 9.66. The molecule has 0 aliphatic carbocycles. The van der Waals surface area contributed by atoms with Crippen molar-refractivity contribution >= 4 is 81.3 Å². The van der Waals surface area contributed by atoms with E-state index in [2.05, 4.69) is 157 Å². The number of nitrogens with zero attached hydrogens (tertiary/aromatic N) is 1. The largest absolute Gasteiger partial charge is 0.456 e. The van der Waals surface area contributed by atoms with Gasteiger partial charge in [0.15, 0.2) is 0 Å². The Morgan fingerprint density at radius 2 is 1.12 bits per heavy atom. The molecule has 0 aliphatic heterocycles. The second-order valence-corrected chi connectivity index (χ2v) is 11.9. The summed E-state index contributed by atoms with van der Waals surface area (Å²) in [6, 6.07) is 54.0. The van der Waals surface area contributed by atoms with E-state index in [1.165, 1.54) is 42.1 Å². The third-order valence-electron chi connectivity index (χ3n) is 8.45. The highest BCUT2D eigenvalue weighted by atomic mass is 32.1. The predicted molar refractivity (Wildman–Crippen MR) is 184 cm³/mol. The first kappa shape index (κ1) is 24.2. The quantitative estimate of drug-likeness (QED) is 0.210. The van der Waals surface area contributed by atoms with Crippen molar-refractivity contribution in [3.8, 4) is 11.1 Å². The number of anilines is 3. The molecule has 0 atom stereocenters. The highest BCUT2D eigenvalue weighted by Gasteiger charge is 2.23. The molecule has 7 aromatic carbocycles. The molecular formula is C40H25NOS. The molecule has 2 heterocycles. The molecule has 3 heteroatoms. The summed E-state index contributed by atoms with van der Waals surface area (Å²) in [6.07, 6.45) is 0. The molecule has 0 bridgehead atoms. The summed E-state index contributed by atoms with van der Waals surface area (Å²) in [4.78, 5) is 2.41. The summed E-state index contributed by atoms with van der Waals surface area (Å²) in [5.41, 5.74) is 7.52. The van der Waals surface area contributed by atoms with Crippen molar-refractivity contribution in [3.63, 3.8) is 0 Å². The van der Waals surface area contributed by atoms with Crippen LogP contribution in [0.25, 0.3) is 64.0 Å². The van der Waals surface area contributed by atoms with Gasteiger partial charge in [0.2, 0.25) is 0 Å². The minimum Gasteiger partial charge on any atom is -0.456 e. The molecule has 0 aliphatic rings. The molecule has 202 valence electrons. The number of rotatable bonds is 4. The molecule has 0 N–H and O–H groups in total. The third kappa shape index (κ3) is 3.72. The molecule has 2 nitrogen and oxygen atoms in total. The lowest BCUT2D eigenvalue weighted by Crippen LogP contribution is -2.10. The van der Waals surface area contributed by atoms with Crippen molar-refractivity contribution in [1.29, 1.82) is 0 Å². The van der Waals surface area contributed by atoms with E-state index in [9.17, 15) is 0 Å². The van der Waals surface area contributed by atoms with Crippen LogP contribution >= 0.6 is 11.3 Å². The van der Waals surface area contributed by atoms with E-state index in [0.717, 1.165) is 39.0 Å². The molecular weight excluding hydrogens is 543 g/mol. The topological polar surface area (TPSA) is 16.4 Å². The van der Waals surface area contributed by atoms with Crippen LogP contribution in [-0.2, 0) is 0 Å². The summed E-state index contributed by atoms with van der Waals surface area (Å²) in [5, 5.41) is 7.25. The first-order valence-corrected chi connectivity index (χ1v) is 15.3. The van der Waals surface area contributed by atoms with E-state index in [4.69, 9.17) is 4.42 Å². The van der Waals surface area contributed by atoms with Crippen LogP contribution in [0.1, 0.15) is 0 Å². The van der Waals surface area contributed by atoms with E-state index in [1.807, 2.05) is 11.3 Å². The number of fused-ring (bicyclic) bond motifs is 8. The average Bonchev–Trinajstić information content (AvgIpc) is 3.65. The van der Waals surface area contributed by atoms with E-state index < -0.39 is 0 Å². The van der Waals surface area contributed by atoms with Crippen LogP contribution in [0.5, 0.6) is 0 Å². The zero-order valence-corrected chi connectivity index (χ0v) is 24.0. The Kier molecular flexibility index (Phi) is 5.40. The maximum atomic E-state index is 6.70. The molecule has 0 saturated heterocycles. The van der Waals surface area contributed by atoms with Crippen LogP contribution in [0.15, 0.2) is 156 Å². The first-order chi connectivity index (χ1) is 21.3. The predicted octanol–water partition coefficient (Wildman–Crippen LogP) is 12.2. The fraction of sp³-hybridized carbons (Fsp3) is 0. The first-order valence-electron chi connectivity index (χ1n) is 14.5. The summed E-state index contributed by atoms with van der Waals surface area (Å²) in [6.45, 7) is 0. The van der Waals surface area contributed by atoms with Crippen molar-refractivity contribution in [3.05, 3.63) is 152 Å². The summed E-state index contributed by atoms with van der Waals surface area (Å²) in [7, 11) is 0. The molecule has 0 unspecified atom stereocenters. The van der Waals surface area contributed by atoms with Gasteiger partial charge in [-0.3, -0.25) is 0 Å². The van der Waals surface area contributed by atoms with Crippen LogP contribution in [0.2, 0.25) is 0 Å². The van der Waals surface area contributed by atoms with Crippen molar-refractivity contribution in [2.45, 2.75) is 0 Å². The molecule has 2 aromatic heterocycles. The van der Waals surface area contributed by atoms with Gasteiger partial charge >= 0.3 is 0 Å². The fourth-order valence-electron chi connectivity index (χ4n) is 6.60.